The largest absolute Gasteiger partial charge is 0.368 e. The average Bonchev–Trinajstić information content (AvgIpc) is 3.06. The molecule has 1 unspecified atom stereocenters. The number of rotatable bonds is 4. The lowest BCUT2D eigenvalue weighted by atomic mass is 10.2. The highest BCUT2D eigenvalue weighted by Gasteiger charge is 2.16. The lowest BCUT2D eigenvalue weighted by Crippen LogP contribution is -2.16. The van der Waals surface area contributed by atoms with Crippen LogP contribution in [-0.4, -0.2) is 27.5 Å². The molecule has 0 bridgehead atoms. The summed E-state index contributed by atoms with van der Waals surface area (Å²) in [7, 11) is 0. The maximum Gasteiger partial charge on any atom is 0.240 e. The fourth-order valence-corrected chi connectivity index (χ4v) is 4.04. The molecule has 1 atom stereocenters. The molecule has 0 radical (unpaired) electrons. The van der Waals surface area contributed by atoms with Gasteiger partial charge in [-0.2, -0.15) is 16.7 Å². The third-order valence-electron chi connectivity index (χ3n) is 2.98. The van der Waals surface area contributed by atoms with Gasteiger partial charge in [-0.1, -0.05) is 0 Å². The van der Waals surface area contributed by atoms with Crippen LogP contribution in [-0.2, 0) is 0 Å². The first-order valence-electron chi connectivity index (χ1n) is 5.94. The first-order chi connectivity index (χ1) is 8.86. The van der Waals surface area contributed by atoms with E-state index in [9.17, 15) is 0 Å². The maximum atomic E-state index is 5.39. The summed E-state index contributed by atoms with van der Waals surface area (Å²) in [5.41, 5.74) is 2.52. The quantitative estimate of drug-likeness (QED) is 0.589. The SMILES string of the molecule is NNc1nc(NCC2CCCS2)c2ccsc2n1. The van der Waals surface area contributed by atoms with E-state index in [-0.39, 0.29) is 0 Å². The van der Waals surface area contributed by atoms with Crippen molar-refractivity contribution in [2.75, 3.05) is 23.0 Å². The number of fused-ring (bicyclic) bond motifs is 1. The van der Waals surface area contributed by atoms with Gasteiger partial charge < -0.3 is 5.32 Å². The Morgan fingerprint density at radius 3 is 3.17 bits per heavy atom. The fourth-order valence-electron chi connectivity index (χ4n) is 2.07. The molecule has 1 saturated heterocycles. The Kier molecular flexibility index (Phi) is 3.53. The van der Waals surface area contributed by atoms with Crippen molar-refractivity contribution in [2.24, 2.45) is 5.84 Å². The van der Waals surface area contributed by atoms with Gasteiger partial charge in [0.15, 0.2) is 0 Å². The van der Waals surface area contributed by atoms with Crippen molar-refractivity contribution in [1.82, 2.24) is 9.97 Å². The van der Waals surface area contributed by atoms with Gasteiger partial charge in [0.25, 0.3) is 0 Å². The monoisotopic (exact) mass is 281 g/mol. The van der Waals surface area contributed by atoms with Crippen LogP contribution in [0.5, 0.6) is 0 Å². The van der Waals surface area contributed by atoms with Crippen molar-refractivity contribution in [3.63, 3.8) is 0 Å². The summed E-state index contributed by atoms with van der Waals surface area (Å²) in [5.74, 6) is 8.01. The van der Waals surface area contributed by atoms with Crippen LogP contribution in [0.2, 0.25) is 0 Å². The van der Waals surface area contributed by atoms with E-state index in [1.54, 1.807) is 11.3 Å². The zero-order valence-electron chi connectivity index (χ0n) is 9.85. The number of anilines is 2. The molecule has 0 spiro atoms. The van der Waals surface area contributed by atoms with Crippen LogP contribution >= 0.6 is 23.1 Å². The molecule has 3 heterocycles. The van der Waals surface area contributed by atoms with Crippen LogP contribution < -0.4 is 16.6 Å². The van der Waals surface area contributed by atoms with Gasteiger partial charge in [-0.15, -0.1) is 11.3 Å². The molecular formula is C11H15N5S2. The highest BCUT2D eigenvalue weighted by atomic mass is 32.2. The Morgan fingerprint density at radius 2 is 2.39 bits per heavy atom. The number of nitrogens with two attached hydrogens (primary N) is 1. The Labute approximate surface area is 114 Å². The summed E-state index contributed by atoms with van der Waals surface area (Å²) in [6.45, 7) is 0.955. The molecule has 1 fully saturated rings. The third-order valence-corrected chi connectivity index (χ3v) is 5.18. The standard InChI is InChI=1S/C11H15N5S2/c12-16-11-14-9(8-3-5-18-10(8)15-11)13-6-7-2-1-4-17-7/h3,5,7H,1-2,4,6,12H2,(H2,13,14,15,16). The molecule has 2 aromatic heterocycles. The van der Waals surface area contributed by atoms with E-state index in [2.05, 4.69) is 20.7 Å². The Hall–Kier alpha value is -1.05. The molecule has 0 aromatic carbocycles. The smallest absolute Gasteiger partial charge is 0.240 e. The van der Waals surface area contributed by atoms with Crippen molar-refractivity contribution < 1.29 is 0 Å². The van der Waals surface area contributed by atoms with Crippen molar-refractivity contribution >= 4 is 45.1 Å². The minimum Gasteiger partial charge on any atom is -0.368 e. The van der Waals surface area contributed by atoms with Crippen LogP contribution in [0, 0.1) is 0 Å². The number of hydrazine groups is 1. The number of hydrogen-bond acceptors (Lipinski definition) is 7. The van der Waals surface area contributed by atoms with Crippen LogP contribution in [0.1, 0.15) is 12.8 Å². The number of aromatic nitrogens is 2. The molecule has 5 nitrogen and oxygen atoms in total. The first-order valence-corrected chi connectivity index (χ1v) is 7.87. The van der Waals surface area contributed by atoms with Crippen LogP contribution in [0.4, 0.5) is 11.8 Å². The van der Waals surface area contributed by atoms with Crippen molar-refractivity contribution in [3.8, 4) is 0 Å². The van der Waals surface area contributed by atoms with Gasteiger partial charge in [0.2, 0.25) is 5.95 Å². The van der Waals surface area contributed by atoms with E-state index >= 15 is 0 Å². The Bertz CT molecular complexity index is 535. The Morgan fingerprint density at radius 1 is 1.44 bits per heavy atom. The second-order valence-corrected chi connectivity index (χ2v) is 6.50. The van der Waals surface area contributed by atoms with Gasteiger partial charge in [0, 0.05) is 11.8 Å². The van der Waals surface area contributed by atoms with E-state index in [1.165, 1.54) is 18.6 Å². The molecule has 3 rings (SSSR count). The summed E-state index contributed by atoms with van der Waals surface area (Å²) >= 11 is 3.63. The molecule has 0 amide bonds. The lowest BCUT2D eigenvalue weighted by molar-refractivity contribution is 0.804. The molecule has 0 aliphatic carbocycles. The maximum absolute atomic E-state index is 5.39. The number of thioether (sulfide) groups is 1. The third kappa shape index (κ3) is 2.38. The van der Waals surface area contributed by atoms with Gasteiger partial charge in [-0.05, 0) is 30.0 Å². The molecule has 7 heteroatoms. The lowest BCUT2D eigenvalue weighted by Gasteiger charge is -2.12. The van der Waals surface area contributed by atoms with Gasteiger partial charge in [0.1, 0.15) is 10.6 Å². The summed E-state index contributed by atoms with van der Waals surface area (Å²) in [6, 6.07) is 2.05. The fraction of sp³-hybridized carbons (Fsp3) is 0.455. The highest BCUT2D eigenvalue weighted by Crippen LogP contribution is 2.29. The average molecular weight is 281 g/mol. The number of nitrogens with one attached hydrogen (secondary N) is 2. The van der Waals surface area contributed by atoms with E-state index in [0.29, 0.717) is 11.2 Å². The minimum atomic E-state index is 0.464. The molecular weight excluding hydrogens is 266 g/mol. The second kappa shape index (κ2) is 5.29. The summed E-state index contributed by atoms with van der Waals surface area (Å²) in [5, 5.41) is 7.22. The van der Waals surface area contributed by atoms with E-state index in [1.807, 2.05) is 23.2 Å². The van der Waals surface area contributed by atoms with Gasteiger partial charge in [-0.25, -0.2) is 10.8 Å². The highest BCUT2D eigenvalue weighted by molar-refractivity contribution is 8.00. The zero-order valence-corrected chi connectivity index (χ0v) is 11.5. The molecule has 18 heavy (non-hydrogen) atoms. The molecule has 96 valence electrons. The molecule has 2 aromatic rings. The van der Waals surface area contributed by atoms with Gasteiger partial charge in [-0.3, -0.25) is 5.43 Å². The topological polar surface area (TPSA) is 75.9 Å². The number of thiophene rings is 1. The normalized spacial score (nSPS) is 19.3. The zero-order chi connectivity index (χ0) is 12.4. The van der Waals surface area contributed by atoms with Crippen LogP contribution in [0.15, 0.2) is 11.4 Å². The van der Waals surface area contributed by atoms with Crippen LogP contribution in [0.3, 0.4) is 0 Å². The minimum absolute atomic E-state index is 0.464. The predicted octanol–water partition coefficient (Wildman–Crippen LogP) is 2.28. The van der Waals surface area contributed by atoms with Gasteiger partial charge in [0.05, 0.1) is 5.39 Å². The second-order valence-electron chi connectivity index (χ2n) is 4.20. The molecule has 0 saturated carbocycles. The van der Waals surface area contributed by atoms with E-state index in [4.69, 9.17) is 5.84 Å². The Balaban J connectivity index is 1.82. The summed E-state index contributed by atoms with van der Waals surface area (Å²) < 4.78 is 0. The molecule has 1 aliphatic heterocycles. The number of nitrogen functional groups attached to an aromatic ring is 1. The van der Waals surface area contributed by atoms with Crippen LogP contribution in [0.25, 0.3) is 10.2 Å². The molecule has 4 N–H and O–H groups in total. The summed E-state index contributed by atoms with van der Waals surface area (Å²) in [4.78, 5) is 9.67. The van der Waals surface area contributed by atoms with E-state index < -0.39 is 0 Å². The van der Waals surface area contributed by atoms with Gasteiger partial charge >= 0.3 is 0 Å². The predicted molar refractivity (Wildman–Crippen MR) is 79.2 cm³/mol. The van der Waals surface area contributed by atoms with Crippen molar-refractivity contribution in [1.29, 1.82) is 0 Å². The summed E-state index contributed by atoms with van der Waals surface area (Å²) in [6.07, 6.45) is 2.61. The van der Waals surface area contributed by atoms with Crippen molar-refractivity contribution in [2.45, 2.75) is 18.1 Å². The first kappa shape index (κ1) is 12.0. The number of nitrogens with zero attached hydrogens (tertiary/aromatic N) is 2. The van der Waals surface area contributed by atoms with Crippen molar-refractivity contribution in [3.05, 3.63) is 11.4 Å². The molecule has 1 aliphatic rings. The number of hydrogen-bond donors (Lipinski definition) is 3. The van der Waals surface area contributed by atoms with E-state index in [0.717, 1.165) is 22.6 Å².